The quantitative estimate of drug-likeness (QED) is 0.618. The topological polar surface area (TPSA) is 75.5 Å². The molecule has 1 aliphatic rings. The Balaban J connectivity index is 1.95. The smallest absolute Gasteiger partial charge is 0.269 e. The highest BCUT2D eigenvalue weighted by Gasteiger charge is 2.25. The number of benzene rings is 1. The number of nitrogens with one attached hydrogen (secondary N) is 1. The number of hydrogen-bond donors (Lipinski definition) is 1. The van der Waals surface area contributed by atoms with Crippen LogP contribution in [-0.4, -0.2) is 41.4 Å². The van der Waals surface area contributed by atoms with Crippen molar-refractivity contribution in [1.82, 2.24) is 10.2 Å². The van der Waals surface area contributed by atoms with Crippen LogP contribution < -0.4 is 5.32 Å². The number of rotatable bonds is 7. The normalized spacial score (nSPS) is 17.4. The van der Waals surface area contributed by atoms with Gasteiger partial charge in [0, 0.05) is 37.7 Å². The Morgan fingerprint density at radius 1 is 1.50 bits per heavy atom. The largest absolute Gasteiger partial charge is 0.338 e. The summed E-state index contributed by atoms with van der Waals surface area (Å²) in [6.45, 7) is 4.68. The molecule has 0 saturated carbocycles. The minimum Gasteiger partial charge on any atom is -0.338 e. The fourth-order valence-electron chi connectivity index (χ4n) is 2.88. The maximum Gasteiger partial charge on any atom is 0.269 e. The first kappa shape index (κ1) is 16.4. The standard InChI is InChI=1S/C16H23N3O3/c1-2-10-18(15-8-9-17-12-15)16(20)7-6-13-4-3-5-14(11-13)19(21)22/h3-5,11,15,17H,2,6-10,12H2,1H3. The summed E-state index contributed by atoms with van der Waals surface area (Å²) in [6.07, 6.45) is 2.89. The molecule has 22 heavy (non-hydrogen) atoms. The van der Waals surface area contributed by atoms with E-state index < -0.39 is 4.92 Å². The van der Waals surface area contributed by atoms with Crippen LogP contribution in [0.15, 0.2) is 24.3 Å². The van der Waals surface area contributed by atoms with Crippen LogP contribution >= 0.6 is 0 Å². The fourth-order valence-corrected chi connectivity index (χ4v) is 2.88. The van der Waals surface area contributed by atoms with E-state index in [9.17, 15) is 14.9 Å². The van der Waals surface area contributed by atoms with E-state index in [2.05, 4.69) is 12.2 Å². The van der Waals surface area contributed by atoms with Crippen molar-refractivity contribution in [2.75, 3.05) is 19.6 Å². The second kappa shape index (κ2) is 7.89. The lowest BCUT2D eigenvalue weighted by molar-refractivity contribution is -0.384. The molecule has 0 radical (unpaired) electrons. The van der Waals surface area contributed by atoms with E-state index in [0.29, 0.717) is 12.8 Å². The van der Waals surface area contributed by atoms with Crippen LogP contribution in [0.1, 0.15) is 31.7 Å². The van der Waals surface area contributed by atoms with E-state index in [1.165, 1.54) is 6.07 Å². The summed E-state index contributed by atoms with van der Waals surface area (Å²) in [6, 6.07) is 6.81. The molecule has 1 aromatic rings. The molecular formula is C16H23N3O3. The van der Waals surface area contributed by atoms with E-state index >= 15 is 0 Å². The third-order valence-electron chi connectivity index (χ3n) is 4.01. The highest BCUT2D eigenvalue weighted by molar-refractivity contribution is 5.77. The number of aryl methyl sites for hydroxylation is 1. The van der Waals surface area contributed by atoms with Crippen molar-refractivity contribution in [3.8, 4) is 0 Å². The molecule has 6 heteroatoms. The summed E-state index contributed by atoms with van der Waals surface area (Å²) in [5.41, 5.74) is 0.916. The lowest BCUT2D eigenvalue weighted by Crippen LogP contribution is -2.42. The summed E-state index contributed by atoms with van der Waals surface area (Å²) in [5.74, 6) is 0.141. The zero-order chi connectivity index (χ0) is 15.9. The molecule has 1 saturated heterocycles. The van der Waals surface area contributed by atoms with Crippen LogP contribution in [0, 0.1) is 10.1 Å². The molecule has 1 aliphatic heterocycles. The fraction of sp³-hybridized carbons (Fsp3) is 0.562. The molecule has 1 amide bonds. The Kier molecular flexibility index (Phi) is 5.89. The summed E-state index contributed by atoms with van der Waals surface area (Å²) >= 11 is 0. The number of non-ortho nitro benzene ring substituents is 1. The second-order valence-electron chi connectivity index (χ2n) is 5.66. The summed E-state index contributed by atoms with van der Waals surface area (Å²) in [5, 5.41) is 14.1. The van der Waals surface area contributed by atoms with Gasteiger partial charge in [0.2, 0.25) is 5.91 Å². The minimum atomic E-state index is -0.404. The monoisotopic (exact) mass is 305 g/mol. The predicted octanol–water partition coefficient (Wildman–Crippen LogP) is 2.13. The highest BCUT2D eigenvalue weighted by atomic mass is 16.6. The Labute approximate surface area is 130 Å². The van der Waals surface area contributed by atoms with Crippen LogP contribution in [0.2, 0.25) is 0 Å². The number of nitro groups is 1. The first-order chi connectivity index (χ1) is 10.6. The third-order valence-corrected chi connectivity index (χ3v) is 4.01. The lowest BCUT2D eigenvalue weighted by Gasteiger charge is -2.28. The van der Waals surface area contributed by atoms with Crippen molar-refractivity contribution in [2.45, 2.75) is 38.6 Å². The van der Waals surface area contributed by atoms with Crippen LogP contribution in [0.3, 0.4) is 0 Å². The average molecular weight is 305 g/mol. The molecule has 1 aromatic carbocycles. The Hall–Kier alpha value is -1.95. The van der Waals surface area contributed by atoms with Gasteiger partial charge in [0.25, 0.3) is 5.69 Å². The zero-order valence-corrected chi connectivity index (χ0v) is 13.0. The molecule has 1 N–H and O–H groups in total. The molecule has 1 unspecified atom stereocenters. The van der Waals surface area contributed by atoms with Gasteiger partial charge in [-0.15, -0.1) is 0 Å². The molecule has 0 aromatic heterocycles. The van der Waals surface area contributed by atoms with Gasteiger partial charge in [0.1, 0.15) is 0 Å². The van der Waals surface area contributed by atoms with Gasteiger partial charge in [-0.1, -0.05) is 19.1 Å². The Morgan fingerprint density at radius 2 is 2.32 bits per heavy atom. The number of carbonyl (C=O) groups is 1. The van der Waals surface area contributed by atoms with Crippen LogP contribution in [0.25, 0.3) is 0 Å². The second-order valence-corrected chi connectivity index (χ2v) is 5.66. The molecule has 120 valence electrons. The molecular weight excluding hydrogens is 282 g/mol. The summed E-state index contributed by atoms with van der Waals surface area (Å²) in [4.78, 5) is 24.8. The first-order valence-electron chi connectivity index (χ1n) is 7.85. The summed E-state index contributed by atoms with van der Waals surface area (Å²) < 4.78 is 0. The van der Waals surface area contributed by atoms with Crippen molar-refractivity contribution in [3.63, 3.8) is 0 Å². The van der Waals surface area contributed by atoms with Crippen LogP contribution in [0.5, 0.6) is 0 Å². The zero-order valence-electron chi connectivity index (χ0n) is 13.0. The number of carbonyl (C=O) groups excluding carboxylic acids is 1. The van der Waals surface area contributed by atoms with Crippen molar-refractivity contribution in [2.24, 2.45) is 0 Å². The molecule has 6 nitrogen and oxygen atoms in total. The number of hydrogen-bond acceptors (Lipinski definition) is 4. The van der Waals surface area contributed by atoms with Gasteiger partial charge in [-0.2, -0.15) is 0 Å². The van der Waals surface area contributed by atoms with Crippen LogP contribution in [0.4, 0.5) is 5.69 Å². The van der Waals surface area contributed by atoms with Gasteiger partial charge >= 0.3 is 0 Å². The van der Waals surface area contributed by atoms with E-state index in [4.69, 9.17) is 0 Å². The molecule has 1 atom stereocenters. The molecule has 2 rings (SSSR count). The van der Waals surface area contributed by atoms with E-state index in [-0.39, 0.29) is 17.6 Å². The van der Waals surface area contributed by atoms with E-state index in [1.54, 1.807) is 12.1 Å². The van der Waals surface area contributed by atoms with Gasteiger partial charge in [0.05, 0.1) is 4.92 Å². The SMILES string of the molecule is CCCN(C(=O)CCc1cccc([N+](=O)[O-])c1)C1CCNC1. The van der Waals surface area contributed by atoms with Crippen molar-refractivity contribution in [3.05, 3.63) is 39.9 Å². The van der Waals surface area contributed by atoms with Gasteiger partial charge < -0.3 is 10.2 Å². The minimum absolute atomic E-state index is 0.0790. The highest BCUT2D eigenvalue weighted by Crippen LogP contribution is 2.16. The van der Waals surface area contributed by atoms with Gasteiger partial charge in [-0.05, 0) is 31.4 Å². The molecule has 1 heterocycles. The van der Waals surface area contributed by atoms with Gasteiger partial charge in [0.15, 0.2) is 0 Å². The first-order valence-corrected chi connectivity index (χ1v) is 7.85. The molecule has 1 fully saturated rings. The number of nitrogens with zero attached hydrogens (tertiary/aromatic N) is 2. The average Bonchev–Trinajstić information content (AvgIpc) is 3.04. The van der Waals surface area contributed by atoms with Gasteiger partial charge in [-0.3, -0.25) is 14.9 Å². The van der Waals surface area contributed by atoms with E-state index in [1.807, 2.05) is 11.0 Å². The Bertz CT molecular complexity index is 527. The van der Waals surface area contributed by atoms with Crippen molar-refractivity contribution in [1.29, 1.82) is 0 Å². The van der Waals surface area contributed by atoms with Crippen LogP contribution in [-0.2, 0) is 11.2 Å². The summed E-state index contributed by atoms with van der Waals surface area (Å²) in [7, 11) is 0. The lowest BCUT2D eigenvalue weighted by atomic mass is 10.1. The predicted molar refractivity (Wildman–Crippen MR) is 84.7 cm³/mol. The third kappa shape index (κ3) is 4.27. The number of nitro benzene ring substituents is 1. The maximum atomic E-state index is 12.5. The number of amides is 1. The molecule has 0 bridgehead atoms. The molecule has 0 spiro atoms. The van der Waals surface area contributed by atoms with E-state index in [0.717, 1.165) is 38.0 Å². The van der Waals surface area contributed by atoms with Crippen molar-refractivity contribution >= 4 is 11.6 Å². The maximum absolute atomic E-state index is 12.5. The molecule has 0 aliphatic carbocycles. The van der Waals surface area contributed by atoms with Crippen molar-refractivity contribution < 1.29 is 9.72 Å². The van der Waals surface area contributed by atoms with Gasteiger partial charge in [-0.25, -0.2) is 0 Å². The Morgan fingerprint density at radius 3 is 2.95 bits per heavy atom.